The van der Waals surface area contributed by atoms with E-state index in [9.17, 15) is 9.59 Å². The molecule has 178 valence electrons. The maximum Gasteiger partial charge on any atom is 0.228 e. The van der Waals surface area contributed by atoms with Gasteiger partial charge in [-0.3, -0.25) is 9.59 Å². The molecule has 0 heterocycles. The third-order valence-electron chi connectivity index (χ3n) is 5.51. The van der Waals surface area contributed by atoms with Crippen molar-refractivity contribution < 1.29 is 19.1 Å². The van der Waals surface area contributed by atoms with Gasteiger partial charge in [0.05, 0.1) is 13.5 Å². The Morgan fingerprint density at radius 3 is 2.29 bits per heavy atom. The van der Waals surface area contributed by atoms with Gasteiger partial charge in [0, 0.05) is 23.9 Å². The largest absolute Gasteiger partial charge is 0.493 e. The minimum Gasteiger partial charge on any atom is -0.493 e. The molecule has 0 aliphatic carbocycles. The zero-order valence-electron chi connectivity index (χ0n) is 20.5. The van der Waals surface area contributed by atoms with Crippen molar-refractivity contribution in [1.29, 1.82) is 0 Å². The highest BCUT2D eigenvalue weighted by Gasteiger charge is 2.11. The molecule has 0 fully saturated rings. The third-order valence-corrected chi connectivity index (χ3v) is 5.51. The van der Waals surface area contributed by atoms with E-state index in [-0.39, 0.29) is 18.1 Å². The highest BCUT2D eigenvalue weighted by atomic mass is 16.5. The molecule has 0 unspecified atom stereocenters. The summed E-state index contributed by atoms with van der Waals surface area (Å²) in [5.74, 6) is 1.16. The van der Waals surface area contributed by atoms with E-state index in [2.05, 4.69) is 5.32 Å². The first-order valence-electron chi connectivity index (χ1n) is 11.2. The van der Waals surface area contributed by atoms with Crippen molar-refractivity contribution in [3.8, 4) is 22.6 Å². The lowest BCUT2D eigenvalue weighted by molar-refractivity contribution is -0.115. The number of amides is 1. The van der Waals surface area contributed by atoms with Crippen LogP contribution in [0.4, 0.5) is 5.69 Å². The average Bonchev–Trinajstić information content (AvgIpc) is 2.79. The number of rotatable bonds is 10. The van der Waals surface area contributed by atoms with E-state index < -0.39 is 0 Å². The topological polar surface area (TPSA) is 67.9 Å². The summed E-state index contributed by atoms with van der Waals surface area (Å²) in [5.41, 5.74) is 5.44. The second-order valence-electron chi connectivity index (χ2n) is 8.53. The lowest BCUT2D eigenvalue weighted by Gasteiger charge is -2.15. The highest BCUT2D eigenvalue weighted by Crippen LogP contribution is 2.30. The number of likely N-dealkylation sites (N-methyl/N-ethyl adjacent to an activating group) is 1. The van der Waals surface area contributed by atoms with E-state index in [4.69, 9.17) is 9.47 Å². The molecule has 3 aromatic carbocycles. The number of Topliss-reactive ketones (excluding diaryl/α,β-unsaturated/α-hetero) is 1. The summed E-state index contributed by atoms with van der Waals surface area (Å²) < 4.78 is 11.2. The maximum atomic E-state index is 12.6. The van der Waals surface area contributed by atoms with E-state index in [1.807, 2.05) is 68.4 Å². The molecule has 34 heavy (non-hydrogen) atoms. The molecule has 0 saturated heterocycles. The third kappa shape index (κ3) is 6.68. The Morgan fingerprint density at radius 1 is 0.941 bits per heavy atom. The summed E-state index contributed by atoms with van der Waals surface area (Å²) in [6.07, 6.45) is 0.255. The summed E-state index contributed by atoms with van der Waals surface area (Å²) in [6.45, 7) is 4.86. The number of hydrogen-bond donors (Lipinski definition) is 1. The van der Waals surface area contributed by atoms with Crippen molar-refractivity contribution >= 4 is 17.4 Å². The van der Waals surface area contributed by atoms with Crippen LogP contribution in [0.15, 0.2) is 60.7 Å². The van der Waals surface area contributed by atoms with Crippen LogP contribution in [0.25, 0.3) is 11.1 Å². The molecule has 1 N–H and O–H groups in total. The average molecular weight is 461 g/mol. The number of ketones is 1. The van der Waals surface area contributed by atoms with Crippen molar-refractivity contribution in [2.45, 2.75) is 20.3 Å². The Morgan fingerprint density at radius 2 is 1.68 bits per heavy atom. The highest BCUT2D eigenvalue weighted by molar-refractivity contribution is 5.95. The van der Waals surface area contributed by atoms with Crippen molar-refractivity contribution in [2.75, 3.05) is 39.7 Å². The number of nitrogens with zero attached hydrogens (tertiary/aromatic N) is 1. The van der Waals surface area contributed by atoms with Gasteiger partial charge in [-0.25, -0.2) is 0 Å². The molecule has 0 aliphatic rings. The molecule has 0 aromatic heterocycles. The number of anilines is 1. The Hall–Kier alpha value is -3.64. The first-order chi connectivity index (χ1) is 16.3. The molecule has 0 aliphatic heterocycles. The van der Waals surface area contributed by atoms with Crippen LogP contribution in [0.2, 0.25) is 0 Å². The smallest absolute Gasteiger partial charge is 0.228 e. The minimum absolute atomic E-state index is 0.0557. The number of carbonyl (C=O) groups is 2. The second-order valence-corrected chi connectivity index (χ2v) is 8.53. The van der Waals surface area contributed by atoms with Gasteiger partial charge in [0.25, 0.3) is 0 Å². The molecule has 1 amide bonds. The SMILES string of the molecule is COc1ccc(NC(=O)Cc2ccc(-c3ccc(C(C)=O)cc3C)cc2)cc1OCCN(C)C. The van der Waals surface area contributed by atoms with Gasteiger partial charge in [-0.2, -0.15) is 0 Å². The number of hydrogen-bond acceptors (Lipinski definition) is 5. The van der Waals surface area contributed by atoms with Crippen LogP contribution in [0.1, 0.15) is 28.4 Å². The van der Waals surface area contributed by atoms with Gasteiger partial charge >= 0.3 is 0 Å². The Bertz CT molecular complexity index is 1150. The lowest BCUT2D eigenvalue weighted by atomic mass is 9.96. The summed E-state index contributed by atoms with van der Waals surface area (Å²) in [5, 5.41) is 2.94. The fourth-order valence-electron chi connectivity index (χ4n) is 3.60. The standard InChI is InChI=1S/C28H32N2O4/c1-19-16-23(20(2)31)10-12-25(19)22-8-6-21(7-9-22)17-28(32)29-24-11-13-26(33-5)27(18-24)34-15-14-30(3)4/h6-13,16,18H,14-15,17H2,1-5H3,(H,29,32). The number of carbonyl (C=O) groups excluding carboxylic acids is 2. The van der Waals surface area contributed by atoms with Gasteiger partial charge in [-0.05, 0) is 68.4 Å². The molecule has 6 heteroatoms. The Balaban J connectivity index is 1.64. The fraction of sp³-hybridized carbons (Fsp3) is 0.286. The van der Waals surface area contributed by atoms with Gasteiger partial charge in [0.15, 0.2) is 17.3 Å². The summed E-state index contributed by atoms with van der Waals surface area (Å²) in [4.78, 5) is 26.3. The number of benzene rings is 3. The Kier molecular flexibility index (Phi) is 8.44. The van der Waals surface area contributed by atoms with Crippen molar-refractivity contribution in [2.24, 2.45) is 0 Å². The molecule has 3 aromatic rings. The minimum atomic E-state index is -0.112. The molecule has 6 nitrogen and oxygen atoms in total. The van der Waals surface area contributed by atoms with Gasteiger partial charge < -0.3 is 19.7 Å². The van der Waals surface area contributed by atoms with Crippen molar-refractivity contribution in [3.63, 3.8) is 0 Å². The lowest BCUT2D eigenvalue weighted by Crippen LogP contribution is -2.19. The van der Waals surface area contributed by atoms with Gasteiger partial charge in [-0.15, -0.1) is 0 Å². The van der Waals surface area contributed by atoms with Crippen LogP contribution >= 0.6 is 0 Å². The molecule has 0 radical (unpaired) electrons. The van der Waals surface area contributed by atoms with Crippen LogP contribution in [0.3, 0.4) is 0 Å². The zero-order valence-corrected chi connectivity index (χ0v) is 20.5. The van der Waals surface area contributed by atoms with Crippen molar-refractivity contribution in [3.05, 3.63) is 77.4 Å². The van der Waals surface area contributed by atoms with Crippen LogP contribution in [-0.2, 0) is 11.2 Å². The van der Waals surface area contributed by atoms with Gasteiger partial charge in [-0.1, -0.05) is 36.4 Å². The quantitative estimate of drug-likeness (QED) is 0.432. The number of methoxy groups -OCH3 is 1. The normalized spacial score (nSPS) is 10.8. The summed E-state index contributed by atoms with van der Waals surface area (Å²) >= 11 is 0. The monoisotopic (exact) mass is 460 g/mol. The van der Waals surface area contributed by atoms with Crippen LogP contribution in [0.5, 0.6) is 11.5 Å². The zero-order chi connectivity index (χ0) is 24.7. The molecular formula is C28H32N2O4. The van der Waals surface area contributed by atoms with E-state index >= 15 is 0 Å². The van der Waals surface area contributed by atoms with Gasteiger partial charge in [0.2, 0.25) is 5.91 Å². The molecule has 0 saturated carbocycles. The number of ether oxygens (including phenoxy) is 2. The molecule has 0 atom stereocenters. The van der Waals surface area contributed by atoms with Crippen LogP contribution in [-0.4, -0.2) is 50.9 Å². The van der Waals surface area contributed by atoms with Gasteiger partial charge in [0.1, 0.15) is 6.61 Å². The van der Waals surface area contributed by atoms with Crippen LogP contribution < -0.4 is 14.8 Å². The molecule has 0 bridgehead atoms. The number of aryl methyl sites for hydroxylation is 1. The molecule has 0 spiro atoms. The maximum absolute atomic E-state index is 12.6. The molecular weight excluding hydrogens is 428 g/mol. The van der Waals surface area contributed by atoms with E-state index in [1.165, 1.54) is 0 Å². The molecule has 3 rings (SSSR count). The predicted molar refractivity (Wildman–Crippen MR) is 136 cm³/mol. The summed E-state index contributed by atoms with van der Waals surface area (Å²) in [7, 11) is 5.56. The second kappa shape index (κ2) is 11.5. The fourth-order valence-corrected chi connectivity index (χ4v) is 3.60. The first kappa shape index (κ1) is 25.0. The van der Waals surface area contributed by atoms with E-state index in [1.54, 1.807) is 32.2 Å². The van der Waals surface area contributed by atoms with E-state index in [0.717, 1.165) is 28.8 Å². The number of nitrogens with one attached hydrogen (secondary N) is 1. The predicted octanol–water partition coefficient (Wildman–Crippen LogP) is 4.99. The van der Waals surface area contributed by atoms with E-state index in [0.29, 0.717) is 29.4 Å². The van der Waals surface area contributed by atoms with Crippen LogP contribution in [0, 0.1) is 6.92 Å². The first-order valence-corrected chi connectivity index (χ1v) is 11.2. The van der Waals surface area contributed by atoms with Crippen molar-refractivity contribution in [1.82, 2.24) is 4.90 Å². The summed E-state index contributed by atoms with van der Waals surface area (Å²) in [6, 6.07) is 19.0. The Labute approximate surface area is 201 Å².